The number of carbonyl (C=O) groups excluding carboxylic acids is 2. The van der Waals surface area contributed by atoms with Crippen molar-refractivity contribution in [2.45, 2.75) is 44.8 Å². The van der Waals surface area contributed by atoms with Gasteiger partial charge in [-0.1, -0.05) is 41.4 Å². The van der Waals surface area contributed by atoms with Gasteiger partial charge < -0.3 is 14.5 Å². The van der Waals surface area contributed by atoms with Crippen LogP contribution in [0.3, 0.4) is 0 Å². The zero-order valence-corrected chi connectivity index (χ0v) is 27.3. The number of amides is 2. The van der Waals surface area contributed by atoms with Gasteiger partial charge in [0, 0.05) is 50.2 Å². The first kappa shape index (κ1) is 32.8. The molecule has 0 unspecified atom stereocenters. The highest BCUT2D eigenvalue weighted by Gasteiger charge is 2.32. The number of carbonyl (C=O) groups is 2. The van der Waals surface area contributed by atoms with Gasteiger partial charge in [0.25, 0.3) is 5.56 Å². The first-order valence-corrected chi connectivity index (χ1v) is 17.4. The van der Waals surface area contributed by atoms with Crippen LogP contribution in [0.25, 0.3) is 11.1 Å². The maximum absolute atomic E-state index is 13.5. The Balaban J connectivity index is 1.33. The number of hydrogen-bond acceptors (Lipinski definition) is 7. The number of nitrogens with zero attached hydrogens (tertiary/aromatic N) is 4. The summed E-state index contributed by atoms with van der Waals surface area (Å²) in [5, 5.41) is 0.286. The molecule has 45 heavy (non-hydrogen) atoms. The Morgan fingerprint density at radius 2 is 1.73 bits per heavy atom. The van der Waals surface area contributed by atoms with E-state index in [9.17, 15) is 27.6 Å². The average molecular weight is 678 g/mol. The summed E-state index contributed by atoms with van der Waals surface area (Å²) in [6.07, 6.45) is 4.49. The van der Waals surface area contributed by atoms with Gasteiger partial charge in [0.15, 0.2) is 0 Å². The lowest BCUT2D eigenvalue weighted by Crippen LogP contribution is -2.50. The lowest BCUT2D eigenvalue weighted by molar-refractivity contribution is -0.136. The molecule has 0 aliphatic carbocycles. The van der Waals surface area contributed by atoms with Crippen LogP contribution in [0.2, 0.25) is 10.0 Å². The highest BCUT2D eigenvalue weighted by atomic mass is 35.5. The quantitative estimate of drug-likeness (QED) is 0.359. The lowest BCUT2D eigenvalue weighted by Gasteiger charge is -2.38. The SMILES string of the molecule is COc1ccc2c(c1)CCN(C1CCN(C(=O)Cn3cc(-c4cccc(Cl)c4Cl)c(=O)n(CCS(C)(=O)=O)c3=O)CC1)C(=O)C2. The van der Waals surface area contributed by atoms with Crippen molar-refractivity contribution in [3.63, 3.8) is 0 Å². The van der Waals surface area contributed by atoms with Crippen molar-refractivity contribution in [3.05, 3.63) is 84.6 Å². The normalized spacial score (nSPS) is 16.0. The van der Waals surface area contributed by atoms with Crippen LogP contribution in [0.15, 0.2) is 52.2 Å². The number of ether oxygens (including phenoxy) is 1. The van der Waals surface area contributed by atoms with E-state index in [0.717, 1.165) is 32.3 Å². The Morgan fingerprint density at radius 1 is 1.00 bits per heavy atom. The zero-order valence-electron chi connectivity index (χ0n) is 25.0. The maximum Gasteiger partial charge on any atom is 0.331 e. The molecule has 0 radical (unpaired) electrons. The summed E-state index contributed by atoms with van der Waals surface area (Å²) in [6.45, 7) is 0.611. The topological polar surface area (TPSA) is 128 Å². The third kappa shape index (κ3) is 7.29. The molecule has 11 nitrogen and oxygen atoms in total. The van der Waals surface area contributed by atoms with E-state index in [2.05, 4.69) is 0 Å². The minimum atomic E-state index is -3.50. The summed E-state index contributed by atoms with van der Waals surface area (Å²) >= 11 is 12.6. The van der Waals surface area contributed by atoms with E-state index in [1.54, 1.807) is 30.2 Å². The molecule has 2 aliphatic rings. The number of halogens is 2. The third-order valence-corrected chi connectivity index (χ3v) is 10.2. The Hall–Kier alpha value is -3.61. The molecule has 1 fully saturated rings. The molecule has 0 N–H and O–H groups in total. The van der Waals surface area contributed by atoms with Crippen LogP contribution in [0.4, 0.5) is 0 Å². The van der Waals surface area contributed by atoms with Crippen LogP contribution in [0.5, 0.6) is 5.75 Å². The monoisotopic (exact) mass is 676 g/mol. The second-order valence-corrected chi connectivity index (χ2v) is 14.4. The first-order valence-electron chi connectivity index (χ1n) is 14.6. The van der Waals surface area contributed by atoms with Crippen LogP contribution in [-0.2, 0) is 45.4 Å². The average Bonchev–Trinajstić information content (AvgIpc) is 3.17. The number of likely N-dealkylation sites (tertiary alicyclic amines) is 1. The van der Waals surface area contributed by atoms with E-state index in [1.165, 1.54) is 6.20 Å². The molecule has 0 bridgehead atoms. The van der Waals surface area contributed by atoms with Crippen molar-refractivity contribution in [2.75, 3.05) is 38.8 Å². The predicted molar refractivity (Wildman–Crippen MR) is 172 cm³/mol. The Labute approximate surface area is 270 Å². The maximum atomic E-state index is 13.5. The smallest absolute Gasteiger partial charge is 0.331 e. The van der Waals surface area contributed by atoms with Gasteiger partial charge in [0.2, 0.25) is 11.8 Å². The van der Waals surface area contributed by atoms with E-state index < -0.39 is 26.8 Å². The molecule has 2 aromatic carbocycles. The second-order valence-electron chi connectivity index (χ2n) is 11.4. The van der Waals surface area contributed by atoms with Gasteiger partial charge in [-0.25, -0.2) is 13.2 Å². The van der Waals surface area contributed by atoms with Crippen molar-refractivity contribution in [1.82, 2.24) is 18.9 Å². The summed E-state index contributed by atoms with van der Waals surface area (Å²) in [7, 11) is -1.89. The third-order valence-electron chi connectivity index (χ3n) is 8.43. The number of fused-ring (bicyclic) bond motifs is 1. The summed E-state index contributed by atoms with van der Waals surface area (Å²) < 4.78 is 31.0. The Kier molecular flexibility index (Phi) is 9.76. The number of hydrogen-bond donors (Lipinski definition) is 0. The van der Waals surface area contributed by atoms with Gasteiger partial charge in [0.05, 0.1) is 34.9 Å². The summed E-state index contributed by atoms with van der Waals surface area (Å²) in [6, 6.07) is 10.5. The van der Waals surface area contributed by atoms with Gasteiger partial charge >= 0.3 is 5.69 Å². The van der Waals surface area contributed by atoms with Crippen molar-refractivity contribution >= 4 is 44.9 Å². The Morgan fingerprint density at radius 3 is 2.42 bits per heavy atom. The van der Waals surface area contributed by atoms with Gasteiger partial charge in [0.1, 0.15) is 22.1 Å². The highest BCUT2D eigenvalue weighted by molar-refractivity contribution is 7.90. The van der Waals surface area contributed by atoms with E-state index in [1.807, 2.05) is 23.1 Å². The number of sulfone groups is 1. The second kappa shape index (κ2) is 13.4. The minimum Gasteiger partial charge on any atom is -0.497 e. The number of benzene rings is 2. The lowest BCUT2D eigenvalue weighted by atomic mass is 10.0. The van der Waals surface area contributed by atoms with Gasteiger partial charge in [-0.15, -0.1) is 0 Å². The molecular weight excluding hydrogens is 643 g/mol. The zero-order chi connectivity index (χ0) is 32.5. The number of piperidine rings is 1. The fraction of sp³-hybridized carbons (Fsp3) is 0.419. The number of aromatic nitrogens is 2. The molecule has 14 heteroatoms. The number of methoxy groups -OCH3 is 1. The molecule has 2 amide bonds. The molecular formula is C31H34Cl2N4O7S. The summed E-state index contributed by atoms with van der Waals surface area (Å²) in [5.41, 5.74) is 0.824. The van der Waals surface area contributed by atoms with E-state index in [4.69, 9.17) is 27.9 Å². The predicted octanol–water partition coefficient (Wildman–Crippen LogP) is 2.66. The molecule has 1 aromatic heterocycles. The van der Waals surface area contributed by atoms with Crippen molar-refractivity contribution in [1.29, 1.82) is 0 Å². The molecule has 0 saturated carbocycles. The fourth-order valence-corrected chi connectivity index (χ4v) is 6.86. The molecule has 240 valence electrons. The molecule has 1 saturated heterocycles. The van der Waals surface area contributed by atoms with E-state index >= 15 is 0 Å². The molecule has 0 atom stereocenters. The largest absolute Gasteiger partial charge is 0.497 e. The van der Waals surface area contributed by atoms with Gasteiger partial charge in [-0.2, -0.15) is 0 Å². The summed E-state index contributed by atoms with van der Waals surface area (Å²) in [5.74, 6) is 0.0335. The van der Waals surface area contributed by atoms with Crippen LogP contribution >= 0.6 is 23.2 Å². The van der Waals surface area contributed by atoms with E-state index in [-0.39, 0.29) is 52.1 Å². The fourth-order valence-electron chi connectivity index (χ4n) is 5.94. The number of rotatable bonds is 8. The summed E-state index contributed by atoms with van der Waals surface area (Å²) in [4.78, 5) is 56.9. The van der Waals surface area contributed by atoms with Crippen LogP contribution in [-0.4, -0.2) is 84.0 Å². The first-order chi connectivity index (χ1) is 21.4. The minimum absolute atomic E-state index is 0.0143. The highest BCUT2D eigenvalue weighted by Crippen LogP contribution is 2.32. The van der Waals surface area contributed by atoms with Gasteiger partial charge in [-0.3, -0.25) is 23.5 Å². The van der Waals surface area contributed by atoms with Crippen LogP contribution < -0.4 is 16.0 Å². The van der Waals surface area contributed by atoms with Crippen molar-refractivity contribution in [3.8, 4) is 16.9 Å². The molecule has 5 rings (SSSR count). The van der Waals surface area contributed by atoms with Gasteiger partial charge in [-0.05, 0) is 48.6 Å². The van der Waals surface area contributed by atoms with Crippen molar-refractivity contribution in [2.24, 2.45) is 0 Å². The molecule has 0 spiro atoms. The standard InChI is InChI=1S/C31H34Cl2N4O7S/c1-44-23-7-6-20-17-27(38)36(13-8-21(20)16-23)22-9-11-34(12-10-22)28(39)19-35-18-25(24-4-3-5-26(32)29(24)33)30(40)37(31(35)41)14-15-45(2,42)43/h3-7,16,18,22H,8-15,17,19H2,1-2H3. The molecule has 3 aromatic rings. The van der Waals surface area contributed by atoms with E-state index in [0.29, 0.717) is 45.3 Å². The van der Waals surface area contributed by atoms with Crippen LogP contribution in [0, 0.1) is 0 Å². The Bertz CT molecular complexity index is 1860. The van der Waals surface area contributed by atoms with Crippen LogP contribution in [0.1, 0.15) is 24.0 Å². The molecule has 3 heterocycles. The molecule has 2 aliphatic heterocycles. The van der Waals surface area contributed by atoms with Crippen molar-refractivity contribution < 1.29 is 22.7 Å².